The summed E-state index contributed by atoms with van der Waals surface area (Å²) in [6.45, 7) is -0.636. The Hall–Kier alpha value is -2.48. The molecule has 2 amide bonds. The predicted molar refractivity (Wildman–Crippen MR) is 65.3 cm³/mol. The van der Waals surface area contributed by atoms with Crippen molar-refractivity contribution in [3.05, 3.63) is 18.2 Å². The number of aliphatic carboxylic acids is 1. The molecule has 1 aromatic rings. The van der Waals surface area contributed by atoms with Gasteiger partial charge in [0.15, 0.2) is 6.61 Å². The Kier molecular flexibility index (Phi) is 5.42. The van der Waals surface area contributed by atoms with Crippen LogP contribution in [0.1, 0.15) is 0 Å². The second-order valence-electron chi connectivity index (χ2n) is 3.30. The number of carbonyl (C=O) groups excluding carboxylic acids is 1. The van der Waals surface area contributed by atoms with Crippen molar-refractivity contribution in [3.63, 3.8) is 0 Å². The van der Waals surface area contributed by atoms with E-state index in [0.717, 1.165) is 0 Å². The summed E-state index contributed by atoms with van der Waals surface area (Å²) in [4.78, 5) is 26.0. The van der Waals surface area contributed by atoms with Crippen LogP contribution in [0.25, 0.3) is 0 Å². The number of anilines is 1. The quantitative estimate of drug-likeness (QED) is 0.661. The van der Waals surface area contributed by atoms with Gasteiger partial charge in [-0.1, -0.05) is 0 Å². The van der Waals surface area contributed by atoms with E-state index in [-0.39, 0.29) is 0 Å². The molecule has 0 radical (unpaired) electrons. The zero-order valence-electron chi connectivity index (χ0n) is 10.4. The molecule has 19 heavy (non-hydrogen) atoms. The molecule has 0 heterocycles. The van der Waals surface area contributed by atoms with Crippen molar-refractivity contribution in [2.24, 2.45) is 0 Å². The number of carboxylic acids is 1. The molecule has 8 nitrogen and oxygen atoms in total. The van der Waals surface area contributed by atoms with E-state index < -0.39 is 18.6 Å². The minimum atomic E-state index is -1.20. The van der Waals surface area contributed by atoms with Gasteiger partial charge in [0.05, 0.1) is 19.9 Å². The van der Waals surface area contributed by atoms with E-state index in [1.165, 1.54) is 14.2 Å². The lowest BCUT2D eigenvalue weighted by Gasteiger charge is -2.12. The molecular weight excluding hydrogens is 256 g/mol. The highest BCUT2D eigenvalue weighted by Gasteiger charge is 2.09. The van der Waals surface area contributed by atoms with Crippen LogP contribution in [0.3, 0.4) is 0 Å². The lowest BCUT2D eigenvalue weighted by atomic mass is 10.2. The molecule has 0 atom stereocenters. The number of hydrogen-bond donors (Lipinski definition) is 3. The minimum Gasteiger partial charge on any atom is -0.497 e. The number of rotatable bonds is 6. The van der Waals surface area contributed by atoms with Gasteiger partial charge in [0.1, 0.15) is 11.5 Å². The van der Waals surface area contributed by atoms with E-state index in [2.05, 4.69) is 10.2 Å². The SMILES string of the molecule is COc1ccc(OC)c(NC(=O)NOCC(=O)O)c1. The lowest BCUT2D eigenvalue weighted by Crippen LogP contribution is -2.30. The van der Waals surface area contributed by atoms with Crippen molar-refractivity contribution in [2.45, 2.75) is 0 Å². The van der Waals surface area contributed by atoms with Crippen LogP contribution in [-0.2, 0) is 9.63 Å². The van der Waals surface area contributed by atoms with E-state index in [1.807, 2.05) is 5.48 Å². The molecule has 0 aliphatic rings. The molecule has 104 valence electrons. The number of amides is 2. The first-order chi connectivity index (χ1) is 9.06. The van der Waals surface area contributed by atoms with Gasteiger partial charge in [-0.05, 0) is 12.1 Å². The second kappa shape index (κ2) is 7.07. The van der Waals surface area contributed by atoms with Crippen molar-refractivity contribution in [3.8, 4) is 11.5 Å². The molecule has 1 rings (SSSR count). The number of hydroxylamine groups is 1. The van der Waals surface area contributed by atoms with Gasteiger partial charge in [-0.2, -0.15) is 0 Å². The van der Waals surface area contributed by atoms with Crippen molar-refractivity contribution in [1.82, 2.24) is 5.48 Å². The third-order valence-electron chi connectivity index (χ3n) is 2.02. The maximum atomic E-state index is 11.4. The molecule has 0 bridgehead atoms. The van der Waals surface area contributed by atoms with E-state index >= 15 is 0 Å². The molecule has 0 aliphatic heterocycles. The standard InChI is InChI=1S/C11H14N2O6/c1-17-7-3-4-9(18-2)8(5-7)12-11(16)13-19-6-10(14)15/h3-5H,6H2,1-2H3,(H,14,15)(H2,12,13,16). The molecule has 8 heteroatoms. The average molecular weight is 270 g/mol. The Labute approximate surface area is 109 Å². The number of ether oxygens (including phenoxy) is 2. The molecular formula is C11H14N2O6. The topological polar surface area (TPSA) is 106 Å². The van der Waals surface area contributed by atoms with Crippen LogP contribution in [0.2, 0.25) is 0 Å². The number of urea groups is 1. The van der Waals surface area contributed by atoms with Crippen molar-refractivity contribution in [1.29, 1.82) is 0 Å². The van der Waals surface area contributed by atoms with Crippen molar-refractivity contribution < 1.29 is 29.0 Å². The molecule has 0 saturated heterocycles. The molecule has 0 fully saturated rings. The van der Waals surface area contributed by atoms with Crippen molar-refractivity contribution in [2.75, 3.05) is 26.1 Å². The zero-order valence-corrected chi connectivity index (χ0v) is 10.4. The fraction of sp³-hybridized carbons (Fsp3) is 0.273. The van der Waals surface area contributed by atoms with Gasteiger partial charge in [0.2, 0.25) is 0 Å². The Morgan fingerprint density at radius 1 is 1.26 bits per heavy atom. The smallest absolute Gasteiger partial charge is 0.343 e. The van der Waals surface area contributed by atoms with Crippen LogP contribution in [0, 0.1) is 0 Å². The molecule has 0 saturated carbocycles. The number of carboxylic acid groups (broad SMARTS) is 1. The highest BCUT2D eigenvalue weighted by atomic mass is 16.7. The summed E-state index contributed by atoms with van der Waals surface area (Å²) < 4.78 is 10.1. The molecule has 0 aliphatic carbocycles. The number of carbonyl (C=O) groups is 2. The summed E-state index contributed by atoms with van der Waals surface area (Å²) in [6, 6.07) is 4.11. The summed E-state index contributed by atoms with van der Waals surface area (Å²) in [5.74, 6) is -0.240. The first kappa shape index (κ1) is 14.6. The van der Waals surface area contributed by atoms with Crippen LogP contribution in [0.15, 0.2) is 18.2 Å². The number of hydrogen-bond acceptors (Lipinski definition) is 5. The van der Waals surface area contributed by atoms with E-state index in [1.54, 1.807) is 18.2 Å². The maximum absolute atomic E-state index is 11.4. The fourth-order valence-corrected chi connectivity index (χ4v) is 1.22. The Morgan fingerprint density at radius 2 is 2.00 bits per heavy atom. The minimum absolute atomic E-state index is 0.360. The lowest BCUT2D eigenvalue weighted by molar-refractivity contribution is -0.143. The van der Waals surface area contributed by atoms with Crippen molar-refractivity contribution >= 4 is 17.7 Å². The Balaban J connectivity index is 2.64. The average Bonchev–Trinajstić information content (AvgIpc) is 2.38. The predicted octanol–water partition coefficient (Wildman–Crippen LogP) is 0.841. The summed E-state index contributed by atoms with van der Waals surface area (Å²) in [5, 5.41) is 10.8. The Bertz CT molecular complexity index is 462. The number of benzene rings is 1. The van der Waals surface area contributed by atoms with Crippen LogP contribution < -0.4 is 20.3 Å². The third-order valence-corrected chi connectivity index (χ3v) is 2.02. The first-order valence-electron chi connectivity index (χ1n) is 5.19. The van der Waals surface area contributed by atoms with Gasteiger partial charge in [-0.3, -0.25) is 4.84 Å². The van der Waals surface area contributed by atoms with Gasteiger partial charge in [-0.15, -0.1) is 0 Å². The maximum Gasteiger partial charge on any atom is 0.343 e. The zero-order chi connectivity index (χ0) is 14.3. The number of nitrogens with one attached hydrogen (secondary N) is 2. The highest BCUT2D eigenvalue weighted by molar-refractivity contribution is 5.90. The molecule has 0 aromatic heterocycles. The van der Waals surface area contributed by atoms with Gasteiger partial charge < -0.3 is 19.9 Å². The summed E-state index contributed by atoms with van der Waals surface area (Å²) in [7, 11) is 2.94. The number of methoxy groups -OCH3 is 2. The van der Waals surface area contributed by atoms with Crippen LogP contribution in [-0.4, -0.2) is 37.9 Å². The largest absolute Gasteiger partial charge is 0.497 e. The van der Waals surface area contributed by atoms with Crippen LogP contribution in [0.4, 0.5) is 10.5 Å². The molecule has 0 unspecified atom stereocenters. The van der Waals surface area contributed by atoms with E-state index in [0.29, 0.717) is 17.2 Å². The van der Waals surface area contributed by atoms with Gasteiger partial charge in [0.25, 0.3) is 0 Å². The Morgan fingerprint density at radius 3 is 2.58 bits per heavy atom. The van der Waals surface area contributed by atoms with E-state index in [9.17, 15) is 9.59 Å². The van der Waals surface area contributed by atoms with Gasteiger partial charge in [0, 0.05) is 6.07 Å². The molecule has 0 spiro atoms. The van der Waals surface area contributed by atoms with Crippen LogP contribution >= 0.6 is 0 Å². The second-order valence-corrected chi connectivity index (χ2v) is 3.30. The first-order valence-corrected chi connectivity index (χ1v) is 5.19. The summed E-state index contributed by atoms with van der Waals surface area (Å²) >= 11 is 0. The highest BCUT2D eigenvalue weighted by Crippen LogP contribution is 2.28. The van der Waals surface area contributed by atoms with Crippen LogP contribution in [0.5, 0.6) is 11.5 Å². The summed E-state index contributed by atoms with van der Waals surface area (Å²) in [6.07, 6.45) is 0. The fourth-order valence-electron chi connectivity index (χ4n) is 1.22. The van der Waals surface area contributed by atoms with Gasteiger partial charge in [-0.25, -0.2) is 15.1 Å². The third kappa shape index (κ3) is 4.72. The summed E-state index contributed by atoms with van der Waals surface area (Å²) in [5.41, 5.74) is 2.28. The monoisotopic (exact) mass is 270 g/mol. The molecule has 3 N–H and O–H groups in total. The molecule has 1 aromatic carbocycles. The van der Waals surface area contributed by atoms with Gasteiger partial charge >= 0.3 is 12.0 Å². The normalized spacial score (nSPS) is 9.58. The van der Waals surface area contributed by atoms with E-state index in [4.69, 9.17) is 14.6 Å².